The second kappa shape index (κ2) is 5.35. The fourth-order valence-electron chi connectivity index (χ4n) is 2.42. The van der Waals surface area contributed by atoms with Gasteiger partial charge in [-0.15, -0.1) is 0 Å². The maximum Gasteiger partial charge on any atom is 0.118 e. The number of benzene rings is 1. The average molecular weight is 219 g/mol. The summed E-state index contributed by atoms with van der Waals surface area (Å²) in [7, 11) is 1.71. The van der Waals surface area contributed by atoms with Gasteiger partial charge in [-0.25, -0.2) is 0 Å². The van der Waals surface area contributed by atoms with E-state index < -0.39 is 0 Å². The SMILES string of the molecule is COc1ccc(CN2CCCC(C)C2)cc1. The molecule has 1 saturated heterocycles. The van der Waals surface area contributed by atoms with Crippen LogP contribution in [0.1, 0.15) is 25.3 Å². The monoisotopic (exact) mass is 219 g/mol. The van der Waals surface area contributed by atoms with Gasteiger partial charge in [-0.3, -0.25) is 4.90 Å². The second-order valence-electron chi connectivity index (χ2n) is 4.83. The predicted molar refractivity (Wildman–Crippen MR) is 66.7 cm³/mol. The zero-order valence-corrected chi connectivity index (χ0v) is 10.3. The van der Waals surface area contributed by atoms with Crippen molar-refractivity contribution in [3.63, 3.8) is 0 Å². The van der Waals surface area contributed by atoms with Gasteiger partial charge in [0.1, 0.15) is 5.75 Å². The van der Waals surface area contributed by atoms with Crippen LogP contribution in [0.25, 0.3) is 0 Å². The predicted octanol–water partition coefficient (Wildman–Crippen LogP) is 2.93. The number of hydrogen-bond acceptors (Lipinski definition) is 2. The molecule has 0 bridgehead atoms. The van der Waals surface area contributed by atoms with E-state index in [4.69, 9.17) is 4.74 Å². The molecule has 0 aliphatic carbocycles. The lowest BCUT2D eigenvalue weighted by atomic mass is 10.00. The topological polar surface area (TPSA) is 12.5 Å². The lowest BCUT2D eigenvalue weighted by Gasteiger charge is -2.30. The smallest absolute Gasteiger partial charge is 0.118 e. The third-order valence-electron chi connectivity index (χ3n) is 3.31. The van der Waals surface area contributed by atoms with Crippen molar-refractivity contribution < 1.29 is 4.74 Å². The number of likely N-dealkylation sites (tertiary alicyclic amines) is 1. The van der Waals surface area contributed by atoms with Crippen molar-refractivity contribution in [3.05, 3.63) is 29.8 Å². The highest BCUT2D eigenvalue weighted by molar-refractivity contribution is 5.27. The molecule has 2 nitrogen and oxygen atoms in total. The normalized spacial score (nSPS) is 22.0. The first-order chi connectivity index (χ1) is 7.78. The molecule has 2 rings (SSSR count). The van der Waals surface area contributed by atoms with Gasteiger partial charge in [0.2, 0.25) is 0 Å². The molecular weight excluding hydrogens is 198 g/mol. The Labute approximate surface area is 98.2 Å². The van der Waals surface area contributed by atoms with Crippen LogP contribution in [0.5, 0.6) is 5.75 Å². The molecular formula is C14H21NO. The molecule has 0 amide bonds. The van der Waals surface area contributed by atoms with Crippen molar-refractivity contribution in [2.24, 2.45) is 5.92 Å². The minimum atomic E-state index is 0.854. The van der Waals surface area contributed by atoms with Crippen molar-refractivity contribution in [1.29, 1.82) is 0 Å². The van der Waals surface area contributed by atoms with Crippen LogP contribution in [0.2, 0.25) is 0 Å². The van der Waals surface area contributed by atoms with Gasteiger partial charge in [0, 0.05) is 13.1 Å². The van der Waals surface area contributed by atoms with Crippen molar-refractivity contribution in [3.8, 4) is 5.75 Å². The summed E-state index contributed by atoms with van der Waals surface area (Å²) in [6, 6.07) is 8.42. The molecule has 0 N–H and O–H groups in total. The molecule has 1 aliphatic rings. The van der Waals surface area contributed by atoms with Gasteiger partial charge in [-0.1, -0.05) is 19.1 Å². The highest BCUT2D eigenvalue weighted by Crippen LogP contribution is 2.19. The van der Waals surface area contributed by atoms with Crippen LogP contribution >= 0.6 is 0 Å². The fourth-order valence-corrected chi connectivity index (χ4v) is 2.42. The summed E-state index contributed by atoms with van der Waals surface area (Å²) in [4.78, 5) is 2.55. The number of hydrogen-bond donors (Lipinski definition) is 0. The number of ether oxygens (including phenoxy) is 1. The summed E-state index contributed by atoms with van der Waals surface area (Å²) in [6.45, 7) is 5.91. The average Bonchev–Trinajstić information content (AvgIpc) is 2.30. The Kier molecular flexibility index (Phi) is 3.83. The first-order valence-electron chi connectivity index (χ1n) is 6.13. The Morgan fingerprint density at radius 3 is 2.69 bits per heavy atom. The molecule has 0 radical (unpaired) electrons. The summed E-state index contributed by atoms with van der Waals surface area (Å²) in [5, 5.41) is 0. The Balaban J connectivity index is 1.92. The highest BCUT2D eigenvalue weighted by Gasteiger charge is 2.15. The van der Waals surface area contributed by atoms with E-state index in [1.807, 2.05) is 12.1 Å². The van der Waals surface area contributed by atoms with Gasteiger partial charge in [-0.2, -0.15) is 0 Å². The number of rotatable bonds is 3. The van der Waals surface area contributed by atoms with Crippen LogP contribution < -0.4 is 4.74 Å². The number of methoxy groups -OCH3 is 1. The maximum atomic E-state index is 5.16. The molecule has 0 aromatic heterocycles. The molecule has 1 atom stereocenters. The van der Waals surface area contributed by atoms with Gasteiger partial charge < -0.3 is 4.74 Å². The molecule has 1 unspecified atom stereocenters. The van der Waals surface area contributed by atoms with E-state index in [1.165, 1.54) is 31.5 Å². The number of piperidine rings is 1. The van der Waals surface area contributed by atoms with Crippen molar-refractivity contribution in [1.82, 2.24) is 4.90 Å². The van der Waals surface area contributed by atoms with E-state index in [9.17, 15) is 0 Å². The Hall–Kier alpha value is -1.02. The third kappa shape index (κ3) is 2.99. The van der Waals surface area contributed by atoms with Crippen LogP contribution in [-0.4, -0.2) is 25.1 Å². The molecule has 1 fully saturated rings. The van der Waals surface area contributed by atoms with E-state index in [0.717, 1.165) is 18.2 Å². The Bertz CT molecular complexity index is 320. The molecule has 0 spiro atoms. The number of nitrogens with zero attached hydrogens (tertiary/aromatic N) is 1. The maximum absolute atomic E-state index is 5.16. The molecule has 1 heterocycles. The van der Waals surface area contributed by atoms with Gasteiger partial charge in [0.25, 0.3) is 0 Å². The van der Waals surface area contributed by atoms with Crippen LogP contribution in [0.15, 0.2) is 24.3 Å². The largest absolute Gasteiger partial charge is 0.497 e. The molecule has 1 aromatic carbocycles. The summed E-state index contributed by atoms with van der Waals surface area (Å²) in [5.74, 6) is 1.79. The molecule has 1 aliphatic heterocycles. The zero-order chi connectivity index (χ0) is 11.4. The lowest BCUT2D eigenvalue weighted by molar-refractivity contribution is 0.176. The third-order valence-corrected chi connectivity index (χ3v) is 3.31. The molecule has 0 saturated carbocycles. The minimum Gasteiger partial charge on any atom is -0.497 e. The van der Waals surface area contributed by atoms with Crippen LogP contribution in [0.3, 0.4) is 0 Å². The van der Waals surface area contributed by atoms with Crippen LogP contribution in [-0.2, 0) is 6.54 Å². The summed E-state index contributed by atoms with van der Waals surface area (Å²) in [6.07, 6.45) is 2.73. The standard InChI is InChI=1S/C14H21NO/c1-12-4-3-9-15(10-12)11-13-5-7-14(16-2)8-6-13/h5-8,12H,3-4,9-11H2,1-2H3. The lowest BCUT2D eigenvalue weighted by Crippen LogP contribution is -2.33. The van der Waals surface area contributed by atoms with E-state index in [-0.39, 0.29) is 0 Å². The first kappa shape index (κ1) is 11.5. The summed E-state index contributed by atoms with van der Waals surface area (Å²) < 4.78 is 5.16. The van der Waals surface area contributed by atoms with Crippen molar-refractivity contribution in [2.75, 3.05) is 20.2 Å². The van der Waals surface area contributed by atoms with E-state index >= 15 is 0 Å². The van der Waals surface area contributed by atoms with Crippen LogP contribution in [0.4, 0.5) is 0 Å². The summed E-state index contributed by atoms with van der Waals surface area (Å²) in [5.41, 5.74) is 1.38. The van der Waals surface area contributed by atoms with Gasteiger partial charge >= 0.3 is 0 Å². The van der Waals surface area contributed by atoms with Crippen LogP contribution in [0, 0.1) is 5.92 Å². The van der Waals surface area contributed by atoms with Crippen molar-refractivity contribution in [2.45, 2.75) is 26.3 Å². The summed E-state index contributed by atoms with van der Waals surface area (Å²) >= 11 is 0. The zero-order valence-electron chi connectivity index (χ0n) is 10.3. The Morgan fingerprint density at radius 2 is 2.06 bits per heavy atom. The highest BCUT2D eigenvalue weighted by atomic mass is 16.5. The fraction of sp³-hybridized carbons (Fsp3) is 0.571. The van der Waals surface area contributed by atoms with E-state index in [1.54, 1.807) is 7.11 Å². The van der Waals surface area contributed by atoms with E-state index in [2.05, 4.69) is 24.0 Å². The molecule has 88 valence electrons. The molecule has 1 aromatic rings. The van der Waals surface area contributed by atoms with Gasteiger partial charge in [-0.05, 0) is 43.0 Å². The van der Waals surface area contributed by atoms with Crippen molar-refractivity contribution >= 4 is 0 Å². The van der Waals surface area contributed by atoms with Gasteiger partial charge in [0.05, 0.1) is 7.11 Å². The van der Waals surface area contributed by atoms with E-state index in [0.29, 0.717) is 0 Å². The quantitative estimate of drug-likeness (QED) is 0.775. The first-order valence-corrected chi connectivity index (χ1v) is 6.13. The molecule has 2 heteroatoms. The Morgan fingerprint density at radius 1 is 1.31 bits per heavy atom. The minimum absolute atomic E-state index is 0.854. The molecule has 16 heavy (non-hydrogen) atoms. The van der Waals surface area contributed by atoms with Gasteiger partial charge in [0.15, 0.2) is 0 Å². The second-order valence-corrected chi connectivity index (χ2v) is 4.83.